The Bertz CT molecular complexity index is 598. The van der Waals surface area contributed by atoms with E-state index in [-0.39, 0.29) is 12.4 Å². The lowest BCUT2D eigenvalue weighted by Gasteiger charge is -2.32. The molecule has 1 heterocycles. The van der Waals surface area contributed by atoms with Crippen LogP contribution in [0.25, 0.3) is 6.08 Å². The summed E-state index contributed by atoms with van der Waals surface area (Å²) in [5.74, 6) is -0.358. The van der Waals surface area contributed by atoms with Gasteiger partial charge < -0.3 is 14.4 Å². The van der Waals surface area contributed by atoms with Gasteiger partial charge in [0.2, 0.25) is 0 Å². The Labute approximate surface area is 136 Å². The third-order valence-corrected chi connectivity index (χ3v) is 4.93. The summed E-state index contributed by atoms with van der Waals surface area (Å²) in [6.45, 7) is 9.15. The molecule has 0 spiro atoms. The SMILES string of the molecule is Cc1c(F)ccc(C=C(CO)B2OC(C)(C)C(C)(C)O2)c1Cl. The molecular formula is C16H21BClFO3. The Hall–Kier alpha value is -0.875. The molecule has 0 amide bonds. The molecule has 2 rings (SSSR count). The van der Waals surface area contributed by atoms with Crippen LogP contribution in [0.4, 0.5) is 4.39 Å². The fourth-order valence-corrected chi connectivity index (χ4v) is 2.38. The lowest BCUT2D eigenvalue weighted by atomic mass is 9.77. The molecule has 3 nitrogen and oxygen atoms in total. The van der Waals surface area contributed by atoms with E-state index in [2.05, 4.69) is 0 Å². The zero-order chi connectivity index (χ0) is 16.7. The Morgan fingerprint density at radius 3 is 2.32 bits per heavy atom. The van der Waals surface area contributed by atoms with Gasteiger partial charge in [-0.05, 0) is 51.7 Å². The summed E-state index contributed by atoms with van der Waals surface area (Å²) < 4.78 is 25.3. The zero-order valence-electron chi connectivity index (χ0n) is 13.5. The van der Waals surface area contributed by atoms with E-state index in [9.17, 15) is 9.50 Å². The predicted octanol–water partition coefficient (Wildman–Crippen LogP) is 3.79. The normalized spacial score (nSPS) is 20.5. The van der Waals surface area contributed by atoms with Crippen LogP contribution in [-0.2, 0) is 9.31 Å². The van der Waals surface area contributed by atoms with Gasteiger partial charge in [-0.2, -0.15) is 0 Å². The van der Waals surface area contributed by atoms with E-state index in [1.807, 2.05) is 27.7 Å². The highest BCUT2D eigenvalue weighted by atomic mass is 35.5. The second-order valence-electron chi connectivity index (χ2n) is 6.54. The Morgan fingerprint density at radius 2 is 1.82 bits per heavy atom. The maximum atomic E-state index is 13.5. The van der Waals surface area contributed by atoms with Crippen molar-refractivity contribution in [1.82, 2.24) is 0 Å². The molecule has 0 radical (unpaired) electrons. The van der Waals surface area contributed by atoms with E-state index < -0.39 is 18.3 Å². The molecule has 0 bridgehead atoms. The molecule has 6 heteroatoms. The zero-order valence-corrected chi connectivity index (χ0v) is 14.3. The van der Waals surface area contributed by atoms with Crippen molar-refractivity contribution >= 4 is 24.8 Å². The van der Waals surface area contributed by atoms with Crippen LogP contribution in [0.1, 0.15) is 38.8 Å². The highest BCUT2D eigenvalue weighted by Gasteiger charge is 2.52. The quantitative estimate of drug-likeness (QED) is 0.859. The van der Waals surface area contributed by atoms with Crippen molar-refractivity contribution in [1.29, 1.82) is 0 Å². The van der Waals surface area contributed by atoms with Crippen LogP contribution >= 0.6 is 11.6 Å². The molecule has 1 aromatic carbocycles. The molecule has 1 aromatic rings. The lowest BCUT2D eigenvalue weighted by Crippen LogP contribution is -2.41. The number of rotatable bonds is 3. The van der Waals surface area contributed by atoms with Gasteiger partial charge in [0, 0.05) is 5.56 Å². The van der Waals surface area contributed by atoms with E-state index >= 15 is 0 Å². The van der Waals surface area contributed by atoms with Gasteiger partial charge in [0.15, 0.2) is 0 Å². The first kappa shape index (κ1) is 17.5. The van der Waals surface area contributed by atoms with Crippen molar-refractivity contribution in [3.8, 4) is 0 Å². The van der Waals surface area contributed by atoms with E-state index in [1.54, 1.807) is 19.1 Å². The van der Waals surface area contributed by atoms with Crippen molar-refractivity contribution < 1.29 is 18.8 Å². The topological polar surface area (TPSA) is 38.7 Å². The Kier molecular flexibility index (Phi) is 4.74. The van der Waals surface area contributed by atoms with Gasteiger partial charge >= 0.3 is 7.12 Å². The summed E-state index contributed by atoms with van der Waals surface area (Å²) in [7, 11) is -0.656. The smallest absolute Gasteiger partial charge is 0.400 e. The first-order valence-corrected chi connectivity index (χ1v) is 7.58. The fraction of sp³-hybridized carbons (Fsp3) is 0.500. The number of hydrogen-bond acceptors (Lipinski definition) is 3. The van der Waals surface area contributed by atoms with Gasteiger partial charge in [-0.15, -0.1) is 0 Å². The second-order valence-corrected chi connectivity index (χ2v) is 6.92. The number of halogens is 2. The van der Waals surface area contributed by atoms with Crippen LogP contribution < -0.4 is 0 Å². The van der Waals surface area contributed by atoms with Crippen molar-refractivity contribution in [3.63, 3.8) is 0 Å². The summed E-state index contributed by atoms with van der Waals surface area (Å²) in [5, 5.41) is 9.98. The van der Waals surface area contributed by atoms with Gasteiger partial charge in [-0.3, -0.25) is 0 Å². The summed E-state index contributed by atoms with van der Waals surface area (Å²) in [4.78, 5) is 0. The number of benzene rings is 1. The van der Waals surface area contributed by atoms with Gasteiger partial charge in [0.1, 0.15) is 5.82 Å². The highest BCUT2D eigenvalue weighted by Crippen LogP contribution is 2.39. The summed E-state index contributed by atoms with van der Waals surface area (Å²) >= 11 is 6.17. The van der Waals surface area contributed by atoms with Crippen LogP contribution in [-0.4, -0.2) is 30.0 Å². The minimum absolute atomic E-state index is 0.233. The molecule has 0 saturated carbocycles. The number of aliphatic hydroxyl groups excluding tert-OH is 1. The molecule has 120 valence electrons. The van der Waals surface area contributed by atoms with Crippen LogP contribution in [0.2, 0.25) is 5.02 Å². The number of aliphatic hydroxyl groups is 1. The average molecular weight is 327 g/mol. The lowest BCUT2D eigenvalue weighted by molar-refractivity contribution is 0.00578. The molecule has 0 atom stereocenters. The standard InChI is InChI=1S/C16H21BClFO3/c1-10-13(19)7-6-11(14(10)18)8-12(9-20)17-21-15(2,3)16(4,5)22-17/h6-8,20H,9H2,1-5H3. The molecule has 1 fully saturated rings. The first-order chi connectivity index (χ1) is 10.1. The van der Waals surface area contributed by atoms with Gasteiger partial charge in [-0.1, -0.05) is 23.7 Å². The molecule has 1 N–H and O–H groups in total. The maximum absolute atomic E-state index is 13.5. The summed E-state index contributed by atoms with van der Waals surface area (Å²) in [5.41, 5.74) is 0.565. The van der Waals surface area contributed by atoms with Gasteiger partial charge in [0.25, 0.3) is 0 Å². The van der Waals surface area contributed by atoms with Crippen LogP contribution in [0.5, 0.6) is 0 Å². The van der Waals surface area contributed by atoms with Gasteiger partial charge in [0.05, 0.1) is 22.8 Å². The summed E-state index contributed by atoms with van der Waals surface area (Å²) in [6, 6.07) is 2.93. The predicted molar refractivity (Wildman–Crippen MR) is 87.3 cm³/mol. The van der Waals surface area contributed by atoms with Gasteiger partial charge in [-0.25, -0.2) is 4.39 Å². The molecule has 22 heavy (non-hydrogen) atoms. The van der Waals surface area contributed by atoms with E-state index in [0.717, 1.165) is 0 Å². The first-order valence-electron chi connectivity index (χ1n) is 7.20. The van der Waals surface area contributed by atoms with Crippen molar-refractivity contribution in [2.45, 2.75) is 45.8 Å². The van der Waals surface area contributed by atoms with E-state index in [4.69, 9.17) is 20.9 Å². The second kappa shape index (κ2) is 5.97. The van der Waals surface area contributed by atoms with Crippen LogP contribution in [0, 0.1) is 12.7 Å². The maximum Gasteiger partial charge on any atom is 0.492 e. The molecular weight excluding hydrogens is 305 g/mol. The largest absolute Gasteiger partial charge is 0.492 e. The van der Waals surface area contributed by atoms with Crippen molar-refractivity contribution in [2.75, 3.05) is 6.61 Å². The monoisotopic (exact) mass is 326 g/mol. The molecule has 1 saturated heterocycles. The van der Waals surface area contributed by atoms with Crippen molar-refractivity contribution in [3.05, 3.63) is 39.6 Å². The Balaban J connectivity index is 2.36. The van der Waals surface area contributed by atoms with E-state index in [0.29, 0.717) is 21.6 Å². The fourth-order valence-electron chi connectivity index (χ4n) is 2.18. The molecule has 0 aliphatic carbocycles. The van der Waals surface area contributed by atoms with E-state index in [1.165, 1.54) is 6.07 Å². The molecule has 0 aromatic heterocycles. The summed E-state index contributed by atoms with van der Waals surface area (Å²) in [6.07, 6.45) is 1.69. The third-order valence-electron chi connectivity index (χ3n) is 4.43. The van der Waals surface area contributed by atoms with Crippen LogP contribution in [0.15, 0.2) is 17.6 Å². The molecule has 0 unspecified atom stereocenters. The van der Waals surface area contributed by atoms with Crippen LogP contribution in [0.3, 0.4) is 0 Å². The average Bonchev–Trinajstić information content (AvgIpc) is 2.64. The molecule has 1 aliphatic rings. The third kappa shape index (κ3) is 3.09. The van der Waals surface area contributed by atoms with Crippen molar-refractivity contribution in [2.24, 2.45) is 0 Å². The molecule has 1 aliphatic heterocycles. The Morgan fingerprint density at radius 1 is 1.27 bits per heavy atom. The number of hydrogen-bond donors (Lipinski definition) is 1. The highest BCUT2D eigenvalue weighted by molar-refractivity contribution is 6.56. The minimum atomic E-state index is -0.656. The minimum Gasteiger partial charge on any atom is -0.400 e.